The molecule has 2 heteroatoms. The molecule has 1 heterocycles. The van der Waals surface area contributed by atoms with Gasteiger partial charge in [0.25, 0.3) is 0 Å². The Morgan fingerprint density at radius 3 is 1.87 bits per heavy atom. The Hall–Kier alpha value is -6.90. The first-order chi connectivity index (χ1) is 27.0. The van der Waals surface area contributed by atoms with E-state index in [-0.39, 0.29) is 5.41 Å². The zero-order valence-electron chi connectivity index (χ0n) is 30.9. The largest absolute Gasteiger partial charge is 0.310 e. The molecule has 1 aromatic heterocycles. The summed E-state index contributed by atoms with van der Waals surface area (Å²) in [6, 6.07) is 71.4. The molecule has 0 spiro atoms. The van der Waals surface area contributed by atoms with E-state index >= 15 is 0 Å². The topological polar surface area (TPSA) is 8.17 Å². The van der Waals surface area contributed by atoms with Gasteiger partial charge in [-0.1, -0.05) is 147 Å². The lowest BCUT2D eigenvalue weighted by atomic mass is 9.82. The van der Waals surface area contributed by atoms with Gasteiger partial charge in [-0.2, -0.15) is 0 Å². The van der Waals surface area contributed by atoms with Crippen LogP contribution >= 0.6 is 0 Å². The van der Waals surface area contributed by atoms with Crippen molar-refractivity contribution in [1.29, 1.82) is 0 Å². The van der Waals surface area contributed by atoms with Crippen molar-refractivity contribution in [2.75, 3.05) is 4.90 Å². The van der Waals surface area contributed by atoms with Crippen LogP contribution in [0.1, 0.15) is 25.0 Å². The van der Waals surface area contributed by atoms with Crippen LogP contribution in [0.15, 0.2) is 194 Å². The molecule has 0 saturated heterocycles. The third-order valence-electron chi connectivity index (χ3n) is 12.0. The molecule has 10 aromatic rings. The number of hydrogen-bond donors (Lipinski definition) is 0. The van der Waals surface area contributed by atoms with Crippen molar-refractivity contribution in [3.8, 4) is 27.9 Å². The van der Waals surface area contributed by atoms with Gasteiger partial charge in [-0.25, -0.2) is 0 Å². The molecule has 55 heavy (non-hydrogen) atoms. The molecule has 9 aromatic carbocycles. The molecule has 0 aliphatic heterocycles. The van der Waals surface area contributed by atoms with Crippen LogP contribution in [0.25, 0.3) is 71.3 Å². The second-order valence-corrected chi connectivity index (χ2v) is 15.4. The van der Waals surface area contributed by atoms with Gasteiger partial charge in [-0.15, -0.1) is 0 Å². The molecule has 2 nitrogen and oxygen atoms in total. The van der Waals surface area contributed by atoms with Gasteiger partial charge in [0.05, 0.1) is 16.7 Å². The maximum Gasteiger partial charge on any atom is 0.0541 e. The first-order valence-electron chi connectivity index (χ1n) is 19.2. The van der Waals surface area contributed by atoms with Crippen LogP contribution in [0.5, 0.6) is 0 Å². The second kappa shape index (κ2) is 12.1. The molecule has 0 fully saturated rings. The Labute approximate surface area is 321 Å². The summed E-state index contributed by atoms with van der Waals surface area (Å²) in [6.45, 7) is 4.69. The molecule has 0 saturated carbocycles. The summed E-state index contributed by atoms with van der Waals surface area (Å²) in [7, 11) is 0. The van der Waals surface area contributed by atoms with Gasteiger partial charge in [0.2, 0.25) is 0 Å². The molecule has 0 atom stereocenters. The van der Waals surface area contributed by atoms with E-state index in [4.69, 9.17) is 0 Å². The van der Waals surface area contributed by atoms with E-state index in [1.807, 2.05) is 0 Å². The van der Waals surface area contributed by atoms with Crippen molar-refractivity contribution < 1.29 is 0 Å². The number of hydrogen-bond acceptors (Lipinski definition) is 1. The highest BCUT2D eigenvalue weighted by Crippen LogP contribution is 2.51. The minimum Gasteiger partial charge on any atom is -0.310 e. The third-order valence-corrected chi connectivity index (χ3v) is 12.0. The van der Waals surface area contributed by atoms with E-state index in [2.05, 4.69) is 217 Å². The average Bonchev–Trinajstić information content (AvgIpc) is 3.68. The third kappa shape index (κ3) is 4.88. The van der Waals surface area contributed by atoms with Crippen LogP contribution in [0.3, 0.4) is 0 Å². The van der Waals surface area contributed by atoms with E-state index in [1.165, 1.54) is 82.4 Å². The molecule has 0 radical (unpaired) electrons. The van der Waals surface area contributed by atoms with Crippen LogP contribution in [0.2, 0.25) is 0 Å². The fraction of sp³-hybridized carbons (Fsp3) is 0.0566. The van der Waals surface area contributed by atoms with Crippen molar-refractivity contribution in [2.24, 2.45) is 0 Å². The summed E-state index contributed by atoms with van der Waals surface area (Å²) >= 11 is 0. The molecular formula is C53H38N2. The summed E-state index contributed by atoms with van der Waals surface area (Å²) in [5.74, 6) is 0. The molecule has 0 amide bonds. The Morgan fingerprint density at radius 2 is 1.00 bits per heavy atom. The van der Waals surface area contributed by atoms with Gasteiger partial charge in [0.15, 0.2) is 0 Å². The molecule has 260 valence electrons. The quantitative estimate of drug-likeness (QED) is 0.173. The van der Waals surface area contributed by atoms with Crippen LogP contribution in [-0.2, 0) is 5.41 Å². The molecule has 1 aliphatic rings. The summed E-state index contributed by atoms with van der Waals surface area (Å²) in [5.41, 5.74) is 14.8. The predicted molar refractivity (Wildman–Crippen MR) is 233 cm³/mol. The highest BCUT2D eigenvalue weighted by Gasteiger charge is 2.35. The number of anilines is 3. The summed E-state index contributed by atoms with van der Waals surface area (Å²) < 4.78 is 2.43. The molecule has 0 N–H and O–H groups in total. The van der Waals surface area contributed by atoms with E-state index in [0.29, 0.717) is 0 Å². The van der Waals surface area contributed by atoms with Gasteiger partial charge < -0.3 is 9.47 Å². The van der Waals surface area contributed by atoms with Crippen molar-refractivity contribution in [2.45, 2.75) is 19.3 Å². The van der Waals surface area contributed by atoms with E-state index in [0.717, 1.165) is 17.1 Å². The fourth-order valence-electron chi connectivity index (χ4n) is 9.23. The van der Waals surface area contributed by atoms with E-state index in [1.54, 1.807) is 0 Å². The van der Waals surface area contributed by atoms with Gasteiger partial charge in [-0.05, 0) is 110 Å². The molecule has 1 aliphatic carbocycles. The van der Waals surface area contributed by atoms with Crippen LogP contribution < -0.4 is 4.90 Å². The number of fused-ring (bicyclic) bond motifs is 8. The number of nitrogens with zero attached hydrogens (tertiary/aromatic N) is 2. The molecule has 0 unspecified atom stereocenters. The molecule has 11 rings (SSSR count). The summed E-state index contributed by atoms with van der Waals surface area (Å²) in [4.78, 5) is 2.41. The molecular weight excluding hydrogens is 665 g/mol. The lowest BCUT2D eigenvalue weighted by molar-refractivity contribution is 0.660. The van der Waals surface area contributed by atoms with Crippen LogP contribution in [-0.4, -0.2) is 4.57 Å². The van der Waals surface area contributed by atoms with Crippen molar-refractivity contribution in [3.05, 3.63) is 205 Å². The number of para-hydroxylation sites is 1. The zero-order valence-corrected chi connectivity index (χ0v) is 30.9. The smallest absolute Gasteiger partial charge is 0.0541 e. The van der Waals surface area contributed by atoms with Crippen molar-refractivity contribution >= 4 is 60.4 Å². The number of benzene rings is 9. The average molecular weight is 703 g/mol. The normalized spacial score (nSPS) is 13.1. The van der Waals surface area contributed by atoms with Gasteiger partial charge in [0.1, 0.15) is 0 Å². The van der Waals surface area contributed by atoms with Gasteiger partial charge in [0, 0.05) is 38.6 Å². The maximum atomic E-state index is 2.43. The first kappa shape index (κ1) is 31.6. The Balaban J connectivity index is 1.04. The minimum absolute atomic E-state index is 0.0395. The fourth-order valence-corrected chi connectivity index (χ4v) is 9.23. The maximum absolute atomic E-state index is 2.43. The summed E-state index contributed by atoms with van der Waals surface area (Å²) in [5, 5.41) is 7.47. The van der Waals surface area contributed by atoms with Gasteiger partial charge in [-0.3, -0.25) is 0 Å². The highest BCUT2D eigenvalue weighted by atomic mass is 15.1. The van der Waals surface area contributed by atoms with Crippen molar-refractivity contribution in [3.63, 3.8) is 0 Å². The Morgan fingerprint density at radius 1 is 0.382 bits per heavy atom. The van der Waals surface area contributed by atoms with E-state index < -0.39 is 0 Å². The summed E-state index contributed by atoms with van der Waals surface area (Å²) in [6.07, 6.45) is 0. The SMILES string of the molecule is CC1(C)c2ccccc2-c2cc(N(c3ccc(-c4ccc5c(c4)c4ccccc4n5-c4cccc5ccccc45)cc3)c3ccc4ccccc4c3)ccc21. The lowest BCUT2D eigenvalue weighted by Crippen LogP contribution is -2.15. The molecule has 0 bridgehead atoms. The van der Waals surface area contributed by atoms with Crippen LogP contribution in [0.4, 0.5) is 17.1 Å². The Bertz CT molecular complexity index is 3120. The number of rotatable bonds is 5. The monoisotopic (exact) mass is 702 g/mol. The number of aromatic nitrogens is 1. The highest BCUT2D eigenvalue weighted by molar-refractivity contribution is 6.11. The predicted octanol–water partition coefficient (Wildman–Crippen LogP) is 14.5. The lowest BCUT2D eigenvalue weighted by Gasteiger charge is -2.27. The van der Waals surface area contributed by atoms with Crippen LogP contribution in [0, 0.1) is 0 Å². The first-order valence-corrected chi connectivity index (χ1v) is 19.2. The zero-order chi connectivity index (χ0) is 36.7. The Kier molecular flexibility index (Phi) is 6.93. The minimum atomic E-state index is -0.0395. The van der Waals surface area contributed by atoms with Gasteiger partial charge >= 0.3 is 0 Å². The standard InChI is InChI=1S/C53H38N2/c1-53(2)48-19-9-7-17-44(48)46-34-42(29-30-49(46)53)54(41-28-24-35-12-3-4-14-38(35)32-41)40-26-22-36(23-27-40)39-25-31-52-47(33-39)45-18-8-10-20-51(45)55(52)50-21-11-15-37-13-5-6-16-43(37)50/h3-34H,1-2H3. The van der Waals surface area contributed by atoms with E-state index in [9.17, 15) is 0 Å². The van der Waals surface area contributed by atoms with Crippen molar-refractivity contribution in [1.82, 2.24) is 4.57 Å². The second-order valence-electron chi connectivity index (χ2n) is 15.4.